The number of nitrogens with one attached hydrogen (secondary N) is 1. The number of nitrogens with zero attached hydrogens (tertiary/aromatic N) is 4. The molecule has 24 heavy (non-hydrogen) atoms. The van der Waals surface area contributed by atoms with Gasteiger partial charge in [-0.15, -0.1) is 0 Å². The molecule has 0 atom stereocenters. The lowest BCUT2D eigenvalue weighted by molar-refractivity contribution is 0.341. The molecule has 0 heterocycles. The van der Waals surface area contributed by atoms with Crippen molar-refractivity contribution in [1.82, 2.24) is 10.4 Å². The van der Waals surface area contributed by atoms with Crippen molar-refractivity contribution in [2.24, 2.45) is 4.99 Å². The van der Waals surface area contributed by atoms with Crippen molar-refractivity contribution < 1.29 is 0 Å². The number of benzene rings is 1. The number of hydrogen-bond acceptors (Lipinski definition) is 4. The molecule has 0 saturated carbocycles. The molecule has 0 aromatic heterocycles. The molecule has 0 aliphatic carbocycles. The Morgan fingerprint density at radius 3 is 2.29 bits per heavy atom. The minimum Gasteiger partial charge on any atom is -0.294 e. The van der Waals surface area contributed by atoms with Gasteiger partial charge in [-0.2, -0.15) is 10.5 Å². The van der Waals surface area contributed by atoms with Crippen molar-refractivity contribution in [3.8, 4) is 12.1 Å². The van der Waals surface area contributed by atoms with Gasteiger partial charge in [-0.1, -0.05) is 32.0 Å². The van der Waals surface area contributed by atoms with Gasteiger partial charge < -0.3 is 0 Å². The number of hydrogen-bond donors (Lipinski definition) is 1. The lowest BCUT2D eigenvalue weighted by Gasteiger charge is -2.27. The Kier molecular flexibility index (Phi) is 6.51. The fourth-order valence-corrected chi connectivity index (χ4v) is 2.41. The zero-order valence-electron chi connectivity index (χ0n) is 15.5. The third kappa shape index (κ3) is 4.81. The van der Waals surface area contributed by atoms with Crippen LogP contribution in [0.1, 0.15) is 50.8 Å². The molecule has 1 rings (SSSR count). The molecule has 0 saturated heterocycles. The molecule has 1 aromatic carbocycles. The summed E-state index contributed by atoms with van der Waals surface area (Å²) in [6, 6.07) is 10.9. The maximum atomic E-state index is 9.50. The van der Waals surface area contributed by atoms with Crippen molar-refractivity contribution in [3.05, 3.63) is 34.9 Å². The van der Waals surface area contributed by atoms with Crippen LogP contribution < -0.4 is 5.43 Å². The van der Waals surface area contributed by atoms with Crippen LogP contribution in [0.4, 0.5) is 0 Å². The molecular formula is C19H27N5. The Bertz CT molecular complexity index is 674. The quantitative estimate of drug-likeness (QED) is 0.474. The van der Waals surface area contributed by atoms with E-state index < -0.39 is 5.41 Å². The Morgan fingerprint density at radius 2 is 1.79 bits per heavy atom. The molecule has 0 bridgehead atoms. The molecule has 0 radical (unpaired) electrons. The third-order valence-electron chi connectivity index (χ3n) is 4.19. The van der Waals surface area contributed by atoms with Gasteiger partial charge in [-0.3, -0.25) is 10.0 Å². The molecule has 1 aromatic rings. The van der Waals surface area contributed by atoms with Gasteiger partial charge in [-0.25, -0.2) is 5.43 Å². The summed E-state index contributed by atoms with van der Waals surface area (Å²) in [7, 11) is 3.56. The highest BCUT2D eigenvalue weighted by atomic mass is 15.5. The highest BCUT2D eigenvalue weighted by Gasteiger charge is 2.26. The lowest BCUT2D eigenvalue weighted by atomic mass is 9.77. The summed E-state index contributed by atoms with van der Waals surface area (Å²) < 4.78 is 0. The summed E-state index contributed by atoms with van der Waals surface area (Å²) in [5.41, 5.74) is 5.33. The number of hydrazine groups is 1. The lowest BCUT2D eigenvalue weighted by Crippen LogP contribution is -2.33. The molecule has 0 aliphatic rings. The first-order chi connectivity index (χ1) is 11.2. The van der Waals surface area contributed by atoms with Crippen LogP contribution in [0.2, 0.25) is 0 Å². The van der Waals surface area contributed by atoms with Crippen molar-refractivity contribution >= 4 is 6.34 Å². The van der Waals surface area contributed by atoms with Gasteiger partial charge in [0.25, 0.3) is 0 Å². The second-order valence-electron chi connectivity index (χ2n) is 7.10. The third-order valence-corrected chi connectivity index (χ3v) is 4.19. The van der Waals surface area contributed by atoms with Gasteiger partial charge >= 0.3 is 0 Å². The Labute approximate surface area is 145 Å². The van der Waals surface area contributed by atoms with E-state index in [1.807, 2.05) is 25.9 Å². The first-order valence-electron chi connectivity index (χ1n) is 7.99. The Balaban J connectivity index is 3.42. The van der Waals surface area contributed by atoms with E-state index in [-0.39, 0.29) is 5.41 Å². The van der Waals surface area contributed by atoms with E-state index in [1.54, 1.807) is 13.4 Å². The van der Waals surface area contributed by atoms with Crippen molar-refractivity contribution in [2.75, 3.05) is 14.1 Å². The molecule has 5 nitrogen and oxygen atoms in total. The summed E-state index contributed by atoms with van der Waals surface area (Å²) in [6.45, 7) is 8.57. The van der Waals surface area contributed by atoms with E-state index in [1.165, 1.54) is 0 Å². The normalized spacial score (nSPS) is 12.0. The maximum Gasteiger partial charge on any atom is 0.0991 e. The molecule has 0 fully saturated rings. The van der Waals surface area contributed by atoms with Crippen LogP contribution in [-0.4, -0.2) is 25.4 Å². The van der Waals surface area contributed by atoms with Crippen LogP contribution in [0.25, 0.3) is 0 Å². The smallest absolute Gasteiger partial charge is 0.0991 e. The highest BCUT2D eigenvalue weighted by Crippen LogP contribution is 2.32. The van der Waals surface area contributed by atoms with Crippen LogP contribution in [0.3, 0.4) is 0 Å². The predicted molar refractivity (Wildman–Crippen MR) is 97.4 cm³/mol. The maximum absolute atomic E-state index is 9.50. The number of aliphatic imine (C=N–C) groups is 1. The van der Waals surface area contributed by atoms with E-state index in [0.29, 0.717) is 13.0 Å². The fraction of sp³-hybridized carbons (Fsp3) is 0.526. The zero-order chi connectivity index (χ0) is 18.4. The minimum atomic E-state index is -0.587. The van der Waals surface area contributed by atoms with Crippen molar-refractivity contribution in [2.45, 2.75) is 51.5 Å². The van der Waals surface area contributed by atoms with Crippen molar-refractivity contribution in [3.63, 3.8) is 0 Å². The predicted octanol–water partition coefficient (Wildman–Crippen LogP) is 3.27. The van der Waals surface area contributed by atoms with E-state index in [0.717, 1.165) is 16.7 Å². The topological polar surface area (TPSA) is 75.2 Å². The zero-order valence-corrected chi connectivity index (χ0v) is 15.5. The minimum absolute atomic E-state index is 0.269. The standard InChI is InChI=1S/C19H27N5/c1-18(2,7-8-20)16-9-15(12-24(23-6)14-22-5)10-17(11-16)19(3,4)13-21/h9-11,14,23H,7,12H2,1-6H3. The van der Waals surface area contributed by atoms with Gasteiger partial charge in [0.15, 0.2) is 0 Å². The molecule has 128 valence electrons. The largest absolute Gasteiger partial charge is 0.294 e. The molecule has 0 aliphatic heterocycles. The SMILES string of the molecule is CN=CN(Cc1cc(C(C)(C)C#N)cc(C(C)(C)CC#N)c1)NC. The summed E-state index contributed by atoms with van der Waals surface area (Å²) in [5, 5.41) is 20.5. The number of rotatable bonds is 7. The Hall–Kier alpha value is -2.37. The second-order valence-corrected chi connectivity index (χ2v) is 7.10. The molecule has 5 heteroatoms. The van der Waals surface area contributed by atoms with Gasteiger partial charge in [0.05, 0.1) is 30.4 Å². The second kappa shape index (κ2) is 7.95. The molecular weight excluding hydrogens is 298 g/mol. The monoisotopic (exact) mass is 325 g/mol. The van der Waals surface area contributed by atoms with Gasteiger partial charge in [-0.05, 0) is 30.5 Å². The molecule has 0 amide bonds. The van der Waals surface area contributed by atoms with Crippen LogP contribution >= 0.6 is 0 Å². The first kappa shape index (κ1) is 19.7. The summed E-state index contributed by atoms with van der Waals surface area (Å²) in [4.78, 5) is 4.03. The average Bonchev–Trinajstić information content (AvgIpc) is 2.54. The van der Waals surface area contributed by atoms with Crippen LogP contribution in [-0.2, 0) is 17.4 Å². The average molecular weight is 325 g/mol. The van der Waals surface area contributed by atoms with Crippen LogP contribution in [0.5, 0.6) is 0 Å². The van der Waals surface area contributed by atoms with E-state index in [2.05, 4.69) is 54.6 Å². The van der Waals surface area contributed by atoms with Gasteiger partial charge in [0.2, 0.25) is 0 Å². The Morgan fingerprint density at radius 1 is 1.17 bits per heavy atom. The van der Waals surface area contributed by atoms with Crippen LogP contribution in [0, 0.1) is 22.7 Å². The van der Waals surface area contributed by atoms with E-state index >= 15 is 0 Å². The van der Waals surface area contributed by atoms with E-state index in [9.17, 15) is 5.26 Å². The summed E-state index contributed by atoms with van der Waals surface area (Å²) in [6.07, 6.45) is 2.15. The fourth-order valence-electron chi connectivity index (χ4n) is 2.41. The summed E-state index contributed by atoms with van der Waals surface area (Å²) in [5.74, 6) is 0. The van der Waals surface area contributed by atoms with E-state index in [4.69, 9.17) is 5.26 Å². The number of nitriles is 2. The van der Waals surface area contributed by atoms with Crippen LogP contribution in [0.15, 0.2) is 23.2 Å². The molecule has 0 spiro atoms. The molecule has 0 unspecified atom stereocenters. The summed E-state index contributed by atoms with van der Waals surface area (Å²) >= 11 is 0. The van der Waals surface area contributed by atoms with Crippen molar-refractivity contribution in [1.29, 1.82) is 10.5 Å². The van der Waals surface area contributed by atoms with Gasteiger partial charge in [0.1, 0.15) is 0 Å². The first-order valence-corrected chi connectivity index (χ1v) is 7.99. The highest BCUT2D eigenvalue weighted by molar-refractivity contribution is 5.54. The van der Waals surface area contributed by atoms with Gasteiger partial charge in [0, 0.05) is 25.9 Å². The molecule has 1 N–H and O–H groups in total.